The van der Waals surface area contributed by atoms with Gasteiger partial charge in [-0.05, 0) is 29.8 Å². The number of halogens is 7. The van der Waals surface area contributed by atoms with E-state index in [1.54, 1.807) is 25.7 Å². The second-order valence-corrected chi connectivity index (χ2v) is 20.3. The van der Waals surface area contributed by atoms with Gasteiger partial charge in [0, 0.05) is 17.1 Å². The predicted octanol–water partition coefficient (Wildman–Crippen LogP) is 5.37. The number of aromatic nitrogens is 4. The van der Waals surface area contributed by atoms with Crippen LogP contribution in [0.2, 0.25) is 39.3 Å². The van der Waals surface area contributed by atoms with Crippen LogP contribution in [0.3, 0.4) is 0 Å². The highest BCUT2D eigenvalue weighted by Crippen LogP contribution is 2.33. The molecule has 0 radical (unpaired) electrons. The van der Waals surface area contributed by atoms with Gasteiger partial charge < -0.3 is 4.74 Å². The van der Waals surface area contributed by atoms with Crippen molar-refractivity contribution in [1.29, 1.82) is 0 Å². The first kappa shape index (κ1) is 27.1. The summed E-state index contributed by atoms with van der Waals surface area (Å²) < 4.78 is 101. The summed E-state index contributed by atoms with van der Waals surface area (Å²) in [4.78, 5) is 3.79. The third kappa shape index (κ3) is 5.37. The molecule has 0 N–H and O–H groups in total. The maximum absolute atomic E-state index is 15.6. The fraction of sp³-hybridized carbons (Fsp3) is 0.476. The molecule has 0 fully saturated rings. The van der Waals surface area contributed by atoms with E-state index in [1.807, 2.05) is 19.6 Å². The molecule has 0 aromatic carbocycles. The molecule has 3 rings (SSSR count). The van der Waals surface area contributed by atoms with Crippen molar-refractivity contribution in [1.82, 2.24) is 19.8 Å². The second kappa shape index (κ2) is 8.57. The number of hydrogen-bond donors (Lipinski definition) is 0. The molecule has 1 unspecified atom stereocenters. The number of pyridine rings is 2. The van der Waals surface area contributed by atoms with Crippen LogP contribution in [0.4, 0.5) is 30.7 Å². The zero-order chi connectivity index (χ0) is 26.7. The fourth-order valence-electron chi connectivity index (χ4n) is 3.62. The van der Waals surface area contributed by atoms with Crippen molar-refractivity contribution < 1.29 is 35.5 Å². The number of nitrogens with zero attached hydrogens (tertiary/aromatic N) is 4. The van der Waals surface area contributed by atoms with Gasteiger partial charge in [0.15, 0.2) is 17.6 Å². The SMILES string of the molecule is CC(Oc1ncc(-c2cc([Si](C)(C)C)n3nnc(C(F)(F)F)c3c2)c([Si](C)(C)C)c1F)C(F)(F)F. The average Bonchev–Trinajstić information content (AvgIpc) is 3.10. The third-order valence-electron chi connectivity index (χ3n) is 5.35. The van der Waals surface area contributed by atoms with E-state index in [1.165, 1.54) is 6.07 Å². The zero-order valence-electron chi connectivity index (χ0n) is 20.2. The lowest BCUT2D eigenvalue weighted by Gasteiger charge is -2.25. The monoisotopic (exact) mass is 538 g/mol. The van der Waals surface area contributed by atoms with Crippen LogP contribution in [0.25, 0.3) is 16.6 Å². The van der Waals surface area contributed by atoms with Gasteiger partial charge in [-0.25, -0.2) is 13.9 Å². The van der Waals surface area contributed by atoms with Gasteiger partial charge in [-0.3, -0.25) is 0 Å². The summed E-state index contributed by atoms with van der Waals surface area (Å²) in [5, 5.41) is 7.67. The Morgan fingerprint density at radius 3 is 2.03 bits per heavy atom. The van der Waals surface area contributed by atoms with Gasteiger partial charge in [-0.2, -0.15) is 26.3 Å². The topological polar surface area (TPSA) is 52.3 Å². The molecule has 0 bridgehead atoms. The number of alkyl halides is 6. The Balaban J connectivity index is 2.34. The Bertz CT molecular complexity index is 1260. The lowest BCUT2D eigenvalue weighted by Crippen LogP contribution is -2.44. The van der Waals surface area contributed by atoms with Gasteiger partial charge in [0.2, 0.25) is 0 Å². The molecule has 0 spiro atoms. The molecular formula is C21H25F7N4OSi2. The number of hydrogen-bond acceptors (Lipinski definition) is 4. The normalized spacial score (nSPS) is 14.5. The van der Waals surface area contributed by atoms with Gasteiger partial charge in [-0.1, -0.05) is 44.5 Å². The molecule has 3 aromatic rings. The molecule has 0 aliphatic rings. The standard InChI is InChI=1S/C21H25F7N4OSi2/c1-11(20(23,24)25)33-19-16(22)17(35(5,6)7)13(10-29-19)12-8-14-18(21(26,27)28)30-31-32(14)15(9-12)34(2,3)4/h8-11H,1-7H3. The molecule has 192 valence electrons. The van der Waals surface area contributed by atoms with Crippen molar-refractivity contribution >= 4 is 32.2 Å². The van der Waals surface area contributed by atoms with E-state index in [0.29, 0.717) is 5.32 Å². The van der Waals surface area contributed by atoms with E-state index in [-0.39, 0.29) is 21.8 Å². The summed E-state index contributed by atoms with van der Waals surface area (Å²) in [6.45, 7) is 11.8. The maximum Gasteiger partial charge on any atom is 0.437 e. The van der Waals surface area contributed by atoms with Crippen LogP contribution in [-0.2, 0) is 6.18 Å². The summed E-state index contributed by atoms with van der Waals surface area (Å²) in [5.41, 5.74) is -1.02. The van der Waals surface area contributed by atoms with Crippen LogP contribution in [0.1, 0.15) is 12.6 Å². The van der Waals surface area contributed by atoms with E-state index in [4.69, 9.17) is 4.74 Å². The fourth-order valence-corrected chi connectivity index (χ4v) is 6.80. The summed E-state index contributed by atoms with van der Waals surface area (Å²) in [7, 11) is -4.92. The third-order valence-corrected chi connectivity index (χ3v) is 9.23. The Hall–Kier alpha value is -2.49. The van der Waals surface area contributed by atoms with E-state index < -0.39 is 52.0 Å². The smallest absolute Gasteiger partial charge is 0.437 e. The largest absolute Gasteiger partial charge is 0.463 e. The average molecular weight is 539 g/mol. The highest BCUT2D eigenvalue weighted by Gasteiger charge is 2.40. The maximum atomic E-state index is 15.6. The summed E-state index contributed by atoms with van der Waals surface area (Å²) >= 11 is 0. The minimum absolute atomic E-state index is 0.101. The van der Waals surface area contributed by atoms with Crippen molar-refractivity contribution in [3.63, 3.8) is 0 Å². The molecule has 3 heterocycles. The van der Waals surface area contributed by atoms with Crippen LogP contribution >= 0.6 is 0 Å². The first-order valence-corrected chi connectivity index (χ1v) is 17.6. The van der Waals surface area contributed by atoms with Gasteiger partial charge in [0.25, 0.3) is 5.88 Å². The number of fused-ring (bicyclic) bond motifs is 1. The first-order chi connectivity index (χ1) is 15.7. The Kier molecular flexibility index (Phi) is 6.64. The van der Waals surface area contributed by atoms with Crippen molar-refractivity contribution in [2.24, 2.45) is 0 Å². The minimum atomic E-state index is -4.77. The van der Waals surface area contributed by atoms with Gasteiger partial charge >= 0.3 is 12.4 Å². The Labute approximate surface area is 199 Å². The molecule has 14 heteroatoms. The zero-order valence-corrected chi connectivity index (χ0v) is 22.2. The minimum Gasteiger partial charge on any atom is -0.463 e. The molecular weight excluding hydrogens is 513 g/mol. The molecule has 1 atom stereocenters. The molecule has 0 aliphatic carbocycles. The van der Waals surface area contributed by atoms with Crippen LogP contribution < -0.4 is 15.2 Å². The van der Waals surface area contributed by atoms with Crippen LogP contribution in [-0.4, -0.2) is 48.2 Å². The molecule has 3 aromatic heterocycles. The molecule has 0 saturated carbocycles. The molecule has 0 aliphatic heterocycles. The van der Waals surface area contributed by atoms with Crippen LogP contribution in [0, 0.1) is 5.82 Å². The molecule has 0 amide bonds. The first-order valence-electron chi connectivity index (χ1n) is 10.6. The van der Waals surface area contributed by atoms with E-state index in [0.717, 1.165) is 17.6 Å². The van der Waals surface area contributed by atoms with E-state index in [9.17, 15) is 26.3 Å². The van der Waals surface area contributed by atoms with E-state index >= 15 is 4.39 Å². The van der Waals surface area contributed by atoms with Crippen molar-refractivity contribution in [3.8, 4) is 17.0 Å². The summed E-state index contributed by atoms with van der Waals surface area (Å²) in [6.07, 6.45) is -10.6. The predicted molar refractivity (Wildman–Crippen MR) is 123 cm³/mol. The number of ether oxygens (including phenoxy) is 1. The van der Waals surface area contributed by atoms with E-state index in [2.05, 4.69) is 15.3 Å². The quantitative estimate of drug-likeness (QED) is 0.324. The van der Waals surface area contributed by atoms with Crippen LogP contribution in [0.15, 0.2) is 18.3 Å². The Morgan fingerprint density at radius 1 is 0.943 bits per heavy atom. The van der Waals surface area contributed by atoms with Crippen molar-refractivity contribution in [3.05, 3.63) is 29.8 Å². The number of rotatable bonds is 5. The molecule has 0 saturated heterocycles. The van der Waals surface area contributed by atoms with Gasteiger partial charge in [0.05, 0.1) is 13.6 Å². The van der Waals surface area contributed by atoms with Crippen molar-refractivity contribution in [2.45, 2.75) is 64.7 Å². The van der Waals surface area contributed by atoms with Crippen LogP contribution in [0.5, 0.6) is 5.88 Å². The lowest BCUT2D eigenvalue weighted by atomic mass is 10.1. The van der Waals surface area contributed by atoms with Gasteiger partial charge in [-0.15, -0.1) is 5.10 Å². The highest BCUT2D eigenvalue weighted by atomic mass is 28.3. The highest BCUT2D eigenvalue weighted by molar-refractivity contribution is 6.90. The summed E-state index contributed by atoms with van der Waals surface area (Å²) in [6, 6.07) is 2.85. The molecule has 35 heavy (non-hydrogen) atoms. The summed E-state index contributed by atoms with van der Waals surface area (Å²) in [5.74, 6) is -1.85. The van der Waals surface area contributed by atoms with Crippen molar-refractivity contribution in [2.75, 3.05) is 0 Å². The van der Waals surface area contributed by atoms with Gasteiger partial charge in [0.1, 0.15) is 8.07 Å². The lowest BCUT2D eigenvalue weighted by molar-refractivity contribution is -0.190. The second-order valence-electron chi connectivity index (χ2n) is 10.3. The molecule has 5 nitrogen and oxygen atoms in total. The Morgan fingerprint density at radius 2 is 1.54 bits per heavy atom.